The summed E-state index contributed by atoms with van der Waals surface area (Å²) in [7, 11) is 0. The first kappa shape index (κ1) is 10.6. The number of aryl methyl sites for hydroxylation is 1. The fraction of sp³-hybridized carbons (Fsp3) is 0.364. The van der Waals surface area contributed by atoms with Gasteiger partial charge in [-0.1, -0.05) is 6.07 Å². The number of anilines is 1. The second kappa shape index (κ2) is 4.13. The molecule has 0 bridgehead atoms. The summed E-state index contributed by atoms with van der Waals surface area (Å²) in [5.41, 5.74) is 7.87. The molecular weight excluding hydrogens is 178 g/mol. The summed E-state index contributed by atoms with van der Waals surface area (Å²) in [5, 5.41) is 0. The van der Waals surface area contributed by atoms with Crippen molar-refractivity contribution in [2.24, 2.45) is 0 Å². The Hall–Kier alpha value is -1.51. The van der Waals surface area contributed by atoms with Crippen molar-refractivity contribution in [2.75, 3.05) is 12.3 Å². The molecule has 0 fully saturated rings. The summed E-state index contributed by atoms with van der Waals surface area (Å²) in [6.45, 7) is 5.77. The second-order valence-electron chi connectivity index (χ2n) is 3.16. The van der Waals surface area contributed by atoms with E-state index < -0.39 is 0 Å². The summed E-state index contributed by atoms with van der Waals surface area (Å²) in [4.78, 5) is 11.3. The van der Waals surface area contributed by atoms with Gasteiger partial charge in [0.2, 0.25) is 0 Å². The number of carbonyl (C=O) groups excluding carboxylic acids is 1. The van der Waals surface area contributed by atoms with E-state index in [2.05, 4.69) is 0 Å². The van der Waals surface area contributed by atoms with Crippen molar-refractivity contribution in [1.29, 1.82) is 0 Å². The third kappa shape index (κ3) is 1.87. The van der Waals surface area contributed by atoms with Crippen molar-refractivity contribution in [1.82, 2.24) is 0 Å². The predicted molar refractivity (Wildman–Crippen MR) is 56.8 cm³/mol. The minimum absolute atomic E-state index is 0.0276. The van der Waals surface area contributed by atoms with E-state index in [1.807, 2.05) is 19.9 Å². The molecule has 0 saturated heterocycles. The third-order valence-corrected chi connectivity index (χ3v) is 2.08. The SMILES string of the molecule is CCOc1c(C(C)=O)ccc(C)c1N. The molecule has 2 N–H and O–H groups in total. The van der Waals surface area contributed by atoms with Gasteiger partial charge in [-0.25, -0.2) is 0 Å². The van der Waals surface area contributed by atoms with E-state index in [-0.39, 0.29) is 5.78 Å². The highest BCUT2D eigenvalue weighted by atomic mass is 16.5. The molecule has 3 nitrogen and oxygen atoms in total. The Labute approximate surface area is 83.9 Å². The molecule has 0 atom stereocenters. The first-order valence-corrected chi connectivity index (χ1v) is 4.60. The maximum absolute atomic E-state index is 11.3. The Bertz CT molecular complexity index is 359. The Morgan fingerprint density at radius 2 is 2.14 bits per heavy atom. The van der Waals surface area contributed by atoms with Crippen LogP contribution in [0.3, 0.4) is 0 Å². The van der Waals surface area contributed by atoms with E-state index in [4.69, 9.17) is 10.5 Å². The van der Waals surface area contributed by atoms with Gasteiger partial charge in [-0.05, 0) is 32.4 Å². The number of hydrogen-bond acceptors (Lipinski definition) is 3. The molecule has 0 radical (unpaired) electrons. The topological polar surface area (TPSA) is 52.3 Å². The first-order valence-electron chi connectivity index (χ1n) is 4.60. The number of nitrogen functional groups attached to an aromatic ring is 1. The number of carbonyl (C=O) groups is 1. The molecule has 0 aliphatic carbocycles. The van der Waals surface area contributed by atoms with E-state index in [1.165, 1.54) is 6.92 Å². The summed E-state index contributed by atoms with van der Waals surface area (Å²) >= 11 is 0. The highest BCUT2D eigenvalue weighted by Crippen LogP contribution is 2.29. The Balaban J connectivity index is 3.29. The van der Waals surface area contributed by atoms with Gasteiger partial charge in [0.05, 0.1) is 17.9 Å². The second-order valence-corrected chi connectivity index (χ2v) is 3.16. The van der Waals surface area contributed by atoms with Gasteiger partial charge >= 0.3 is 0 Å². The van der Waals surface area contributed by atoms with Gasteiger partial charge in [0.1, 0.15) is 0 Å². The van der Waals surface area contributed by atoms with E-state index in [0.717, 1.165) is 5.56 Å². The van der Waals surface area contributed by atoms with Crippen LogP contribution in [-0.4, -0.2) is 12.4 Å². The Morgan fingerprint density at radius 1 is 1.50 bits per heavy atom. The predicted octanol–water partition coefficient (Wildman–Crippen LogP) is 2.18. The van der Waals surface area contributed by atoms with Crippen LogP contribution in [0.15, 0.2) is 12.1 Å². The maximum Gasteiger partial charge on any atom is 0.163 e. The van der Waals surface area contributed by atoms with Gasteiger partial charge in [0.15, 0.2) is 11.5 Å². The first-order chi connectivity index (χ1) is 6.57. The summed E-state index contributed by atoms with van der Waals surface area (Å²) in [6, 6.07) is 3.58. The number of Topliss-reactive ketones (excluding diaryl/α,β-unsaturated/α-hetero) is 1. The monoisotopic (exact) mass is 193 g/mol. The number of benzene rings is 1. The summed E-state index contributed by atoms with van der Waals surface area (Å²) < 4.78 is 5.36. The lowest BCUT2D eigenvalue weighted by Crippen LogP contribution is -2.05. The van der Waals surface area contributed by atoms with Crippen molar-refractivity contribution in [2.45, 2.75) is 20.8 Å². The summed E-state index contributed by atoms with van der Waals surface area (Å²) in [6.07, 6.45) is 0. The van der Waals surface area contributed by atoms with E-state index in [9.17, 15) is 4.79 Å². The number of ether oxygens (including phenoxy) is 1. The molecule has 0 heterocycles. The smallest absolute Gasteiger partial charge is 0.163 e. The largest absolute Gasteiger partial charge is 0.491 e. The van der Waals surface area contributed by atoms with Crippen molar-refractivity contribution in [3.05, 3.63) is 23.3 Å². The standard InChI is InChI=1S/C11H15NO2/c1-4-14-11-9(8(3)13)6-5-7(2)10(11)12/h5-6H,4,12H2,1-3H3. The van der Waals surface area contributed by atoms with Gasteiger partial charge < -0.3 is 10.5 Å². The van der Waals surface area contributed by atoms with E-state index in [0.29, 0.717) is 23.6 Å². The molecule has 14 heavy (non-hydrogen) atoms. The number of nitrogens with two attached hydrogens (primary N) is 1. The highest BCUT2D eigenvalue weighted by molar-refractivity contribution is 5.98. The van der Waals surface area contributed by atoms with Gasteiger partial charge in [0.25, 0.3) is 0 Å². The molecule has 1 rings (SSSR count). The van der Waals surface area contributed by atoms with Gasteiger partial charge in [-0.3, -0.25) is 4.79 Å². The van der Waals surface area contributed by atoms with Crippen LogP contribution in [-0.2, 0) is 0 Å². The molecule has 76 valence electrons. The molecule has 0 aliphatic heterocycles. The highest BCUT2D eigenvalue weighted by Gasteiger charge is 2.12. The van der Waals surface area contributed by atoms with Crippen molar-refractivity contribution >= 4 is 11.5 Å². The van der Waals surface area contributed by atoms with E-state index in [1.54, 1.807) is 6.07 Å². The van der Waals surface area contributed by atoms with E-state index >= 15 is 0 Å². The van der Waals surface area contributed by atoms with Gasteiger partial charge in [0, 0.05) is 0 Å². The lowest BCUT2D eigenvalue weighted by atomic mass is 10.1. The molecule has 1 aromatic carbocycles. The third-order valence-electron chi connectivity index (χ3n) is 2.08. The maximum atomic E-state index is 11.3. The van der Waals surface area contributed by atoms with Crippen molar-refractivity contribution in [3.8, 4) is 5.75 Å². The molecule has 1 aromatic rings. The zero-order valence-electron chi connectivity index (χ0n) is 8.76. The summed E-state index contributed by atoms with van der Waals surface area (Å²) in [5.74, 6) is 0.486. The minimum Gasteiger partial charge on any atom is -0.491 e. The molecule has 0 unspecified atom stereocenters. The number of rotatable bonds is 3. The Morgan fingerprint density at radius 3 is 2.64 bits per heavy atom. The van der Waals surface area contributed by atoms with Crippen molar-refractivity contribution < 1.29 is 9.53 Å². The number of ketones is 1. The zero-order chi connectivity index (χ0) is 10.7. The van der Waals surface area contributed by atoms with Gasteiger partial charge in [-0.2, -0.15) is 0 Å². The van der Waals surface area contributed by atoms with Crippen LogP contribution in [0.1, 0.15) is 29.8 Å². The normalized spacial score (nSPS) is 9.93. The lowest BCUT2D eigenvalue weighted by Gasteiger charge is -2.12. The molecule has 3 heteroatoms. The fourth-order valence-electron chi connectivity index (χ4n) is 1.28. The molecule has 0 amide bonds. The van der Waals surface area contributed by atoms with Gasteiger partial charge in [-0.15, -0.1) is 0 Å². The van der Waals surface area contributed by atoms with Crippen molar-refractivity contribution in [3.63, 3.8) is 0 Å². The lowest BCUT2D eigenvalue weighted by molar-refractivity contribution is 0.101. The number of hydrogen-bond donors (Lipinski definition) is 1. The van der Waals surface area contributed by atoms with Crippen LogP contribution in [0.5, 0.6) is 5.75 Å². The fourth-order valence-corrected chi connectivity index (χ4v) is 1.28. The average Bonchev–Trinajstić information content (AvgIpc) is 2.13. The van der Waals surface area contributed by atoms with Crippen LogP contribution in [0.2, 0.25) is 0 Å². The molecule has 0 spiro atoms. The quantitative estimate of drug-likeness (QED) is 0.591. The molecular formula is C11H15NO2. The molecule has 0 aromatic heterocycles. The zero-order valence-corrected chi connectivity index (χ0v) is 8.76. The van der Waals surface area contributed by atoms with Crippen LogP contribution in [0, 0.1) is 6.92 Å². The Kier molecular flexibility index (Phi) is 3.12. The van der Waals surface area contributed by atoms with Crippen LogP contribution >= 0.6 is 0 Å². The average molecular weight is 193 g/mol. The minimum atomic E-state index is -0.0276. The molecule has 0 saturated carbocycles. The van der Waals surface area contributed by atoms with Crippen LogP contribution < -0.4 is 10.5 Å². The van der Waals surface area contributed by atoms with Crippen LogP contribution in [0.25, 0.3) is 0 Å². The molecule has 0 aliphatic rings. The van der Waals surface area contributed by atoms with Crippen LogP contribution in [0.4, 0.5) is 5.69 Å².